The molecule has 2 heterocycles. The molecule has 0 aliphatic rings. The molecule has 7 heteroatoms. The standard InChI is InChI=1S/C14H10N4O2S/c1-3-8-20-11-6-4-10(5-7-11)12-17-18-13(19)9(2)15-16-14(18)21-12/h1,4-7H,8H2,2H3. The Morgan fingerprint density at radius 2 is 2.10 bits per heavy atom. The molecule has 6 nitrogen and oxygen atoms in total. The Morgan fingerprint density at radius 3 is 2.81 bits per heavy atom. The molecule has 3 rings (SSSR count). The number of ether oxygens (including phenoxy) is 1. The first kappa shape index (κ1) is 13.3. The Hall–Kier alpha value is -2.72. The number of benzene rings is 1. The summed E-state index contributed by atoms with van der Waals surface area (Å²) in [6, 6.07) is 7.32. The molecule has 1 aromatic carbocycles. The van der Waals surface area contributed by atoms with Crippen LogP contribution in [0.3, 0.4) is 0 Å². The molecule has 0 saturated heterocycles. The molecule has 0 spiro atoms. The summed E-state index contributed by atoms with van der Waals surface area (Å²) in [6.07, 6.45) is 5.14. The van der Waals surface area contributed by atoms with E-state index in [4.69, 9.17) is 11.2 Å². The van der Waals surface area contributed by atoms with E-state index in [2.05, 4.69) is 21.2 Å². The van der Waals surface area contributed by atoms with Gasteiger partial charge in [-0.15, -0.1) is 16.6 Å². The van der Waals surface area contributed by atoms with Crippen LogP contribution in [0.1, 0.15) is 5.69 Å². The number of rotatable bonds is 3. The van der Waals surface area contributed by atoms with Crippen LogP contribution < -0.4 is 10.3 Å². The van der Waals surface area contributed by atoms with Crippen molar-refractivity contribution in [1.82, 2.24) is 19.8 Å². The van der Waals surface area contributed by atoms with E-state index in [0.29, 0.717) is 21.4 Å². The average Bonchev–Trinajstić information content (AvgIpc) is 2.94. The fraction of sp³-hybridized carbons (Fsp3) is 0.143. The van der Waals surface area contributed by atoms with Crippen LogP contribution in [-0.2, 0) is 0 Å². The highest BCUT2D eigenvalue weighted by Gasteiger charge is 2.10. The molecule has 0 radical (unpaired) electrons. The van der Waals surface area contributed by atoms with Gasteiger partial charge in [0.05, 0.1) is 0 Å². The maximum Gasteiger partial charge on any atom is 0.296 e. The third kappa shape index (κ3) is 2.49. The number of fused-ring (bicyclic) bond motifs is 1. The molecule has 21 heavy (non-hydrogen) atoms. The number of nitrogens with zero attached hydrogens (tertiary/aromatic N) is 4. The topological polar surface area (TPSA) is 69.4 Å². The van der Waals surface area contributed by atoms with Crippen molar-refractivity contribution in [2.75, 3.05) is 6.61 Å². The Labute approximate surface area is 124 Å². The Morgan fingerprint density at radius 1 is 1.33 bits per heavy atom. The van der Waals surface area contributed by atoms with E-state index in [1.165, 1.54) is 15.9 Å². The van der Waals surface area contributed by atoms with Gasteiger partial charge in [0, 0.05) is 5.56 Å². The molecular formula is C14H10N4O2S. The zero-order chi connectivity index (χ0) is 14.8. The lowest BCUT2D eigenvalue weighted by atomic mass is 10.2. The van der Waals surface area contributed by atoms with E-state index in [-0.39, 0.29) is 12.2 Å². The smallest absolute Gasteiger partial charge is 0.296 e. The molecule has 0 fully saturated rings. The zero-order valence-electron chi connectivity index (χ0n) is 11.1. The van der Waals surface area contributed by atoms with Gasteiger partial charge in [-0.1, -0.05) is 17.3 Å². The van der Waals surface area contributed by atoms with E-state index < -0.39 is 0 Å². The second-order valence-electron chi connectivity index (χ2n) is 4.21. The maximum absolute atomic E-state index is 11.9. The van der Waals surface area contributed by atoms with Crippen LogP contribution in [0.25, 0.3) is 15.5 Å². The molecule has 104 valence electrons. The molecule has 0 unspecified atom stereocenters. The minimum Gasteiger partial charge on any atom is -0.481 e. The van der Waals surface area contributed by atoms with Gasteiger partial charge in [0.1, 0.15) is 23.1 Å². The predicted octanol–water partition coefficient (Wildman–Crippen LogP) is 1.53. The summed E-state index contributed by atoms with van der Waals surface area (Å²) in [6.45, 7) is 1.84. The van der Waals surface area contributed by atoms with Crippen molar-refractivity contribution in [3.8, 4) is 28.7 Å². The second kappa shape index (κ2) is 5.34. The highest BCUT2D eigenvalue weighted by Crippen LogP contribution is 2.25. The molecule has 3 aromatic rings. The van der Waals surface area contributed by atoms with Crippen molar-refractivity contribution in [3.63, 3.8) is 0 Å². The summed E-state index contributed by atoms with van der Waals surface area (Å²) in [7, 11) is 0. The first-order valence-corrected chi connectivity index (χ1v) is 6.90. The second-order valence-corrected chi connectivity index (χ2v) is 5.17. The molecule has 2 aromatic heterocycles. The molecule has 0 amide bonds. The number of aromatic nitrogens is 4. The average molecular weight is 298 g/mol. The van der Waals surface area contributed by atoms with Gasteiger partial charge in [-0.3, -0.25) is 4.79 Å². The van der Waals surface area contributed by atoms with Crippen LogP contribution in [0.15, 0.2) is 29.1 Å². The van der Waals surface area contributed by atoms with Crippen molar-refractivity contribution in [3.05, 3.63) is 40.3 Å². The minimum atomic E-state index is -0.253. The van der Waals surface area contributed by atoms with Gasteiger partial charge < -0.3 is 4.74 Å². The molecule has 0 aliphatic heterocycles. The molecular weight excluding hydrogens is 288 g/mol. The molecule has 0 aliphatic carbocycles. The number of hydrogen-bond acceptors (Lipinski definition) is 6. The fourth-order valence-corrected chi connectivity index (χ4v) is 2.57. The lowest BCUT2D eigenvalue weighted by Gasteiger charge is -2.02. The summed E-state index contributed by atoms with van der Waals surface area (Å²) in [5.74, 6) is 3.09. The van der Waals surface area contributed by atoms with E-state index in [1.807, 2.05) is 12.1 Å². The van der Waals surface area contributed by atoms with Crippen molar-refractivity contribution in [2.24, 2.45) is 0 Å². The van der Waals surface area contributed by atoms with Crippen molar-refractivity contribution < 1.29 is 4.74 Å². The van der Waals surface area contributed by atoms with Crippen LogP contribution in [-0.4, -0.2) is 26.4 Å². The quantitative estimate of drug-likeness (QED) is 0.686. The molecule has 0 atom stereocenters. The summed E-state index contributed by atoms with van der Waals surface area (Å²) in [5, 5.41) is 12.8. The van der Waals surface area contributed by atoms with Gasteiger partial charge in [0.15, 0.2) is 0 Å². The first-order valence-electron chi connectivity index (χ1n) is 6.09. The summed E-state index contributed by atoms with van der Waals surface area (Å²) in [5.41, 5.74) is 0.939. The highest BCUT2D eigenvalue weighted by molar-refractivity contribution is 7.19. The van der Waals surface area contributed by atoms with E-state index in [9.17, 15) is 4.79 Å². The van der Waals surface area contributed by atoms with Gasteiger partial charge >= 0.3 is 0 Å². The third-order valence-corrected chi connectivity index (χ3v) is 3.72. The zero-order valence-corrected chi connectivity index (χ0v) is 11.9. The molecule has 0 N–H and O–H groups in total. The number of terminal acetylenes is 1. The largest absolute Gasteiger partial charge is 0.481 e. The molecule has 0 bridgehead atoms. The summed E-state index contributed by atoms with van der Waals surface area (Å²) in [4.78, 5) is 12.4. The van der Waals surface area contributed by atoms with Gasteiger partial charge in [-0.25, -0.2) is 0 Å². The third-order valence-electron chi connectivity index (χ3n) is 2.77. The van der Waals surface area contributed by atoms with E-state index in [1.54, 1.807) is 19.1 Å². The van der Waals surface area contributed by atoms with Crippen LogP contribution in [0.2, 0.25) is 0 Å². The van der Waals surface area contributed by atoms with Crippen molar-refractivity contribution >= 4 is 16.3 Å². The SMILES string of the molecule is C#CCOc1ccc(-c2nn3c(=O)c(C)nnc3s2)cc1. The monoisotopic (exact) mass is 298 g/mol. The Kier molecular flexibility index (Phi) is 3.38. The van der Waals surface area contributed by atoms with Gasteiger partial charge in [0.25, 0.3) is 5.56 Å². The van der Waals surface area contributed by atoms with E-state index in [0.717, 1.165) is 5.56 Å². The lowest BCUT2D eigenvalue weighted by molar-refractivity contribution is 0.370. The summed E-state index contributed by atoms with van der Waals surface area (Å²) < 4.78 is 6.58. The van der Waals surface area contributed by atoms with Crippen LogP contribution in [0, 0.1) is 19.3 Å². The maximum atomic E-state index is 11.9. The lowest BCUT2D eigenvalue weighted by Crippen LogP contribution is -2.19. The normalized spacial score (nSPS) is 10.5. The van der Waals surface area contributed by atoms with Crippen LogP contribution in [0.4, 0.5) is 0 Å². The fourth-order valence-electron chi connectivity index (χ4n) is 1.73. The van der Waals surface area contributed by atoms with Gasteiger partial charge in [-0.2, -0.15) is 9.61 Å². The predicted molar refractivity (Wildman–Crippen MR) is 79.4 cm³/mol. The highest BCUT2D eigenvalue weighted by atomic mass is 32.1. The first-order chi connectivity index (χ1) is 10.2. The Balaban J connectivity index is 1.99. The van der Waals surface area contributed by atoms with Gasteiger partial charge in [-0.05, 0) is 31.2 Å². The number of aryl methyl sites for hydroxylation is 1. The molecule has 0 saturated carbocycles. The Bertz CT molecular complexity index is 890. The minimum absolute atomic E-state index is 0.227. The van der Waals surface area contributed by atoms with Crippen molar-refractivity contribution in [1.29, 1.82) is 0 Å². The van der Waals surface area contributed by atoms with Crippen molar-refractivity contribution in [2.45, 2.75) is 6.92 Å². The van der Waals surface area contributed by atoms with Crippen LogP contribution in [0.5, 0.6) is 5.75 Å². The van der Waals surface area contributed by atoms with E-state index >= 15 is 0 Å². The summed E-state index contributed by atoms with van der Waals surface area (Å²) >= 11 is 1.30. The number of hydrogen-bond donors (Lipinski definition) is 0. The van der Waals surface area contributed by atoms with Gasteiger partial charge in [0.2, 0.25) is 4.96 Å². The van der Waals surface area contributed by atoms with Crippen LogP contribution >= 0.6 is 11.3 Å².